The fourth-order valence-electron chi connectivity index (χ4n) is 2.58. The van der Waals surface area contributed by atoms with Crippen molar-refractivity contribution < 1.29 is 4.79 Å². The van der Waals surface area contributed by atoms with E-state index in [1.54, 1.807) is 12.1 Å². The summed E-state index contributed by atoms with van der Waals surface area (Å²) < 4.78 is 1.36. The Labute approximate surface area is 173 Å². The molecule has 0 aliphatic carbocycles. The zero-order valence-corrected chi connectivity index (χ0v) is 17.5. The number of nitrogens with one attached hydrogen (secondary N) is 1. The second kappa shape index (κ2) is 8.24. The summed E-state index contributed by atoms with van der Waals surface area (Å²) in [6, 6.07) is 15.1. The molecule has 0 spiro atoms. The molecule has 0 saturated carbocycles. The molecular weight excluding hydrogens is 394 g/mol. The molecule has 3 aromatic rings. The number of nitrogen functional groups attached to an aromatic ring is 1. The lowest BCUT2D eigenvalue weighted by atomic mass is 9.87. The maximum absolute atomic E-state index is 12.3. The molecule has 28 heavy (non-hydrogen) atoms. The van der Waals surface area contributed by atoms with Gasteiger partial charge in [-0.05, 0) is 35.2 Å². The number of thioether (sulfide) groups is 1. The van der Waals surface area contributed by atoms with Gasteiger partial charge in [0.1, 0.15) is 0 Å². The van der Waals surface area contributed by atoms with Gasteiger partial charge in [-0.3, -0.25) is 4.79 Å². The highest BCUT2D eigenvalue weighted by molar-refractivity contribution is 7.99. The van der Waals surface area contributed by atoms with Crippen LogP contribution >= 0.6 is 23.4 Å². The van der Waals surface area contributed by atoms with Crippen molar-refractivity contribution in [3.63, 3.8) is 0 Å². The van der Waals surface area contributed by atoms with E-state index < -0.39 is 0 Å². The number of benzene rings is 2. The van der Waals surface area contributed by atoms with E-state index in [0.29, 0.717) is 16.0 Å². The maximum Gasteiger partial charge on any atom is 0.234 e. The Kier molecular flexibility index (Phi) is 5.96. The van der Waals surface area contributed by atoms with Crippen molar-refractivity contribution in [2.75, 3.05) is 16.9 Å². The van der Waals surface area contributed by atoms with Crippen LogP contribution in [0.2, 0.25) is 5.02 Å². The molecule has 3 rings (SSSR count). The lowest BCUT2D eigenvalue weighted by Crippen LogP contribution is -2.17. The molecule has 0 aliphatic heterocycles. The van der Waals surface area contributed by atoms with Crippen LogP contribution in [0, 0.1) is 0 Å². The third kappa shape index (κ3) is 4.85. The normalized spacial score (nSPS) is 11.4. The fourth-order valence-corrected chi connectivity index (χ4v) is 3.43. The molecular formula is C20H22ClN5OS. The molecule has 3 N–H and O–H groups in total. The number of hydrogen-bond acceptors (Lipinski definition) is 5. The van der Waals surface area contributed by atoms with Crippen LogP contribution in [-0.2, 0) is 10.2 Å². The van der Waals surface area contributed by atoms with Crippen LogP contribution < -0.4 is 11.2 Å². The van der Waals surface area contributed by atoms with Gasteiger partial charge in [0, 0.05) is 16.3 Å². The highest BCUT2D eigenvalue weighted by atomic mass is 35.5. The fraction of sp³-hybridized carbons (Fsp3) is 0.250. The summed E-state index contributed by atoms with van der Waals surface area (Å²) in [6.45, 7) is 6.45. The molecule has 1 amide bonds. The molecule has 6 nitrogen and oxygen atoms in total. The van der Waals surface area contributed by atoms with E-state index in [1.807, 2.05) is 36.4 Å². The van der Waals surface area contributed by atoms with Crippen LogP contribution in [0.5, 0.6) is 0 Å². The quantitative estimate of drug-likeness (QED) is 0.478. The molecule has 1 heterocycles. The molecule has 0 aliphatic rings. The summed E-state index contributed by atoms with van der Waals surface area (Å²) in [5, 5.41) is 12.1. The largest absolute Gasteiger partial charge is 0.335 e. The zero-order chi connectivity index (χ0) is 20.3. The summed E-state index contributed by atoms with van der Waals surface area (Å²) in [5.41, 5.74) is 2.81. The minimum atomic E-state index is -0.138. The van der Waals surface area contributed by atoms with Crippen LogP contribution in [0.3, 0.4) is 0 Å². The lowest BCUT2D eigenvalue weighted by Gasteiger charge is -2.19. The lowest BCUT2D eigenvalue weighted by molar-refractivity contribution is -0.113. The standard InChI is InChI=1S/C20H22ClN5OS/c1-20(2,3)14-7-9-16(10-8-14)23-17(27)12-28-19-25-24-18(26(19)22)13-5-4-6-15(21)11-13/h4-11H,12,22H2,1-3H3,(H,23,27). The van der Waals surface area contributed by atoms with Gasteiger partial charge in [-0.15, -0.1) is 10.2 Å². The molecule has 0 bridgehead atoms. The second-order valence-electron chi connectivity index (χ2n) is 7.35. The summed E-state index contributed by atoms with van der Waals surface area (Å²) in [5.74, 6) is 6.60. The molecule has 0 unspecified atom stereocenters. The monoisotopic (exact) mass is 415 g/mol. The van der Waals surface area contributed by atoms with Crippen molar-refractivity contribution in [3.05, 3.63) is 59.1 Å². The minimum Gasteiger partial charge on any atom is -0.335 e. The Morgan fingerprint density at radius 2 is 1.89 bits per heavy atom. The number of aromatic nitrogens is 3. The molecule has 2 aromatic carbocycles. The summed E-state index contributed by atoms with van der Waals surface area (Å²) in [6.07, 6.45) is 0. The van der Waals surface area contributed by atoms with E-state index in [1.165, 1.54) is 22.0 Å². The van der Waals surface area contributed by atoms with Gasteiger partial charge in [0.15, 0.2) is 5.82 Å². The molecule has 1 aromatic heterocycles. The number of amides is 1. The third-order valence-electron chi connectivity index (χ3n) is 4.11. The molecule has 0 radical (unpaired) electrons. The Morgan fingerprint density at radius 1 is 1.18 bits per heavy atom. The van der Waals surface area contributed by atoms with E-state index in [-0.39, 0.29) is 17.1 Å². The minimum absolute atomic E-state index is 0.0737. The average molecular weight is 416 g/mol. The van der Waals surface area contributed by atoms with Gasteiger partial charge in [-0.25, -0.2) is 4.68 Å². The topological polar surface area (TPSA) is 85.8 Å². The van der Waals surface area contributed by atoms with Crippen molar-refractivity contribution in [2.24, 2.45) is 0 Å². The maximum atomic E-state index is 12.3. The first kappa shape index (κ1) is 20.2. The van der Waals surface area contributed by atoms with Gasteiger partial charge in [0.2, 0.25) is 11.1 Å². The van der Waals surface area contributed by atoms with Crippen LogP contribution in [-0.4, -0.2) is 26.5 Å². The zero-order valence-electron chi connectivity index (χ0n) is 15.9. The Hall–Kier alpha value is -2.51. The molecule has 0 saturated heterocycles. The van der Waals surface area contributed by atoms with E-state index in [9.17, 15) is 4.79 Å². The van der Waals surface area contributed by atoms with Crippen LogP contribution in [0.25, 0.3) is 11.4 Å². The van der Waals surface area contributed by atoms with Gasteiger partial charge in [-0.1, -0.05) is 68.4 Å². The van der Waals surface area contributed by atoms with E-state index in [2.05, 4.69) is 36.3 Å². The van der Waals surface area contributed by atoms with Crippen LogP contribution in [0.15, 0.2) is 53.7 Å². The van der Waals surface area contributed by atoms with Crippen molar-refractivity contribution in [1.29, 1.82) is 0 Å². The van der Waals surface area contributed by atoms with Gasteiger partial charge in [0.05, 0.1) is 5.75 Å². The Bertz CT molecular complexity index is 979. The number of nitrogens with two attached hydrogens (primary N) is 1. The number of carbonyl (C=O) groups excluding carboxylic acids is 1. The summed E-state index contributed by atoms with van der Waals surface area (Å²) in [7, 11) is 0. The van der Waals surface area contributed by atoms with E-state index >= 15 is 0 Å². The third-order valence-corrected chi connectivity index (χ3v) is 5.29. The number of nitrogens with zero attached hydrogens (tertiary/aromatic N) is 3. The van der Waals surface area contributed by atoms with Crippen molar-refractivity contribution in [3.8, 4) is 11.4 Å². The number of carbonyl (C=O) groups is 1. The van der Waals surface area contributed by atoms with E-state index in [0.717, 1.165) is 11.3 Å². The number of rotatable bonds is 5. The predicted molar refractivity (Wildman–Crippen MR) is 115 cm³/mol. The second-order valence-corrected chi connectivity index (χ2v) is 8.73. The molecule has 0 atom stereocenters. The molecule has 0 fully saturated rings. The first-order valence-electron chi connectivity index (χ1n) is 8.73. The summed E-state index contributed by atoms with van der Waals surface area (Å²) in [4.78, 5) is 12.3. The SMILES string of the molecule is CC(C)(C)c1ccc(NC(=O)CSc2nnc(-c3cccc(Cl)c3)n2N)cc1. The van der Waals surface area contributed by atoms with Gasteiger partial charge >= 0.3 is 0 Å². The first-order chi connectivity index (χ1) is 13.2. The van der Waals surface area contributed by atoms with Crippen molar-refractivity contribution >= 4 is 35.0 Å². The van der Waals surface area contributed by atoms with Crippen LogP contribution in [0.4, 0.5) is 5.69 Å². The first-order valence-corrected chi connectivity index (χ1v) is 10.1. The average Bonchev–Trinajstić information content (AvgIpc) is 3.00. The number of hydrogen-bond donors (Lipinski definition) is 2. The Balaban J connectivity index is 1.61. The predicted octanol–water partition coefficient (Wildman–Crippen LogP) is 4.34. The molecule has 8 heteroatoms. The van der Waals surface area contributed by atoms with Crippen LogP contribution in [0.1, 0.15) is 26.3 Å². The highest BCUT2D eigenvalue weighted by Gasteiger charge is 2.15. The molecule has 146 valence electrons. The Morgan fingerprint density at radius 3 is 2.54 bits per heavy atom. The number of halogens is 1. The van der Waals surface area contributed by atoms with Crippen molar-refractivity contribution in [1.82, 2.24) is 14.9 Å². The van der Waals surface area contributed by atoms with Gasteiger partial charge in [0.25, 0.3) is 0 Å². The van der Waals surface area contributed by atoms with E-state index in [4.69, 9.17) is 17.4 Å². The highest BCUT2D eigenvalue weighted by Crippen LogP contribution is 2.25. The van der Waals surface area contributed by atoms with Crippen molar-refractivity contribution in [2.45, 2.75) is 31.3 Å². The number of anilines is 1. The van der Waals surface area contributed by atoms with Gasteiger partial charge in [-0.2, -0.15) is 0 Å². The van der Waals surface area contributed by atoms with Gasteiger partial charge < -0.3 is 11.2 Å². The smallest absolute Gasteiger partial charge is 0.234 e. The summed E-state index contributed by atoms with van der Waals surface area (Å²) >= 11 is 7.23.